The topological polar surface area (TPSA) is 0 Å². The highest BCUT2D eigenvalue weighted by molar-refractivity contribution is 6.26. The number of fused-ring (bicyclic) bond motifs is 8. The Labute approximate surface area is 279 Å². The summed E-state index contributed by atoms with van der Waals surface area (Å²) in [4.78, 5) is 0. The van der Waals surface area contributed by atoms with Crippen LogP contribution in [-0.2, 0) is 0 Å². The smallest absolute Gasteiger partial charge is 0.00199 e. The molecule has 0 saturated carbocycles. The van der Waals surface area contributed by atoms with Crippen molar-refractivity contribution >= 4 is 64.6 Å². The minimum Gasteiger partial charge on any atom is -0.0622 e. The molecule has 48 heavy (non-hydrogen) atoms. The lowest BCUT2D eigenvalue weighted by Gasteiger charge is -2.20. The molecule has 0 nitrogen and oxygen atoms in total. The van der Waals surface area contributed by atoms with Gasteiger partial charge in [0.25, 0.3) is 0 Å². The van der Waals surface area contributed by atoms with Crippen LogP contribution in [0.5, 0.6) is 0 Å². The fourth-order valence-electron chi connectivity index (χ4n) is 8.10. The summed E-state index contributed by atoms with van der Waals surface area (Å²) in [6.45, 7) is 0. The molecule has 0 amide bonds. The van der Waals surface area contributed by atoms with Crippen molar-refractivity contribution in [3.63, 3.8) is 0 Å². The van der Waals surface area contributed by atoms with Crippen LogP contribution in [0, 0.1) is 0 Å². The van der Waals surface area contributed by atoms with Gasteiger partial charge in [-0.2, -0.15) is 0 Å². The number of hydrogen-bond donors (Lipinski definition) is 0. The highest BCUT2D eigenvalue weighted by Crippen LogP contribution is 2.47. The monoisotopic (exact) mass is 606 g/mol. The molecule has 0 spiro atoms. The Morgan fingerprint density at radius 3 is 1.29 bits per heavy atom. The van der Waals surface area contributed by atoms with Crippen molar-refractivity contribution < 1.29 is 0 Å². The summed E-state index contributed by atoms with van der Waals surface area (Å²) in [6, 6.07) is 67.1. The summed E-state index contributed by atoms with van der Waals surface area (Å²) in [5.74, 6) is 0. The van der Waals surface area contributed by atoms with E-state index >= 15 is 0 Å². The highest BCUT2D eigenvalue weighted by Gasteiger charge is 2.19. The summed E-state index contributed by atoms with van der Waals surface area (Å²) >= 11 is 0. The molecule has 0 heterocycles. The molecular formula is C48H30. The maximum Gasteiger partial charge on any atom is -0.00199 e. The number of benzene rings is 10. The van der Waals surface area contributed by atoms with Crippen LogP contribution >= 0.6 is 0 Å². The Morgan fingerprint density at radius 1 is 0.208 bits per heavy atom. The second-order valence-corrected chi connectivity index (χ2v) is 12.8. The molecule has 10 rings (SSSR count). The quantitative estimate of drug-likeness (QED) is 0.139. The normalized spacial score (nSPS) is 11.8. The van der Waals surface area contributed by atoms with E-state index in [0.29, 0.717) is 0 Å². The molecule has 0 unspecified atom stereocenters. The van der Waals surface area contributed by atoms with E-state index in [-0.39, 0.29) is 0 Å². The fourth-order valence-corrected chi connectivity index (χ4v) is 8.10. The molecule has 10 aromatic rings. The van der Waals surface area contributed by atoms with Crippen molar-refractivity contribution in [2.45, 2.75) is 0 Å². The van der Waals surface area contributed by atoms with Crippen LogP contribution in [0.3, 0.4) is 0 Å². The van der Waals surface area contributed by atoms with Gasteiger partial charge in [-0.3, -0.25) is 0 Å². The van der Waals surface area contributed by atoms with Crippen LogP contribution in [0.4, 0.5) is 0 Å². The Hall–Kier alpha value is -6.24. The minimum absolute atomic E-state index is 1.24. The highest BCUT2D eigenvalue weighted by atomic mass is 14.2. The summed E-state index contributed by atoms with van der Waals surface area (Å²) < 4.78 is 0. The SMILES string of the molecule is c1ccc(-c2cc3ccc(-c4c5ccccc5c(-c5cc6ccccc6c6ccccc56)c5ccccc45)cc3c3ccccc23)cc1. The van der Waals surface area contributed by atoms with Gasteiger partial charge in [0.1, 0.15) is 0 Å². The third-order valence-corrected chi connectivity index (χ3v) is 10.2. The Morgan fingerprint density at radius 2 is 0.646 bits per heavy atom. The van der Waals surface area contributed by atoms with Gasteiger partial charge in [-0.05, 0) is 116 Å². The first-order valence-electron chi connectivity index (χ1n) is 16.7. The lowest BCUT2D eigenvalue weighted by atomic mass is 9.83. The Balaban J connectivity index is 1.30. The van der Waals surface area contributed by atoms with Crippen molar-refractivity contribution in [3.05, 3.63) is 182 Å². The van der Waals surface area contributed by atoms with Crippen LogP contribution in [-0.4, -0.2) is 0 Å². The molecule has 0 saturated heterocycles. The molecule has 0 aliphatic heterocycles. The van der Waals surface area contributed by atoms with E-state index in [1.54, 1.807) is 0 Å². The van der Waals surface area contributed by atoms with Gasteiger partial charge in [0.05, 0.1) is 0 Å². The van der Waals surface area contributed by atoms with E-state index in [0.717, 1.165) is 0 Å². The second-order valence-electron chi connectivity index (χ2n) is 12.8. The lowest BCUT2D eigenvalue weighted by Crippen LogP contribution is -1.92. The zero-order valence-electron chi connectivity index (χ0n) is 26.3. The first-order chi connectivity index (χ1) is 23.8. The van der Waals surface area contributed by atoms with Gasteiger partial charge in [0.2, 0.25) is 0 Å². The van der Waals surface area contributed by atoms with E-state index in [9.17, 15) is 0 Å². The van der Waals surface area contributed by atoms with Gasteiger partial charge in [-0.1, -0.05) is 164 Å². The second kappa shape index (κ2) is 10.7. The molecule has 0 aromatic heterocycles. The summed E-state index contributed by atoms with van der Waals surface area (Å²) in [5.41, 5.74) is 7.62. The van der Waals surface area contributed by atoms with Crippen LogP contribution in [0.25, 0.3) is 98.0 Å². The first kappa shape index (κ1) is 26.9. The predicted molar refractivity (Wildman–Crippen MR) is 208 cm³/mol. The van der Waals surface area contributed by atoms with Crippen molar-refractivity contribution in [1.29, 1.82) is 0 Å². The molecule has 222 valence electrons. The largest absolute Gasteiger partial charge is 0.0622 e. The fraction of sp³-hybridized carbons (Fsp3) is 0. The molecule has 0 bridgehead atoms. The molecular weight excluding hydrogens is 577 g/mol. The van der Waals surface area contributed by atoms with Gasteiger partial charge in [0, 0.05) is 0 Å². The molecule has 0 aliphatic rings. The molecule has 0 heteroatoms. The Bertz CT molecular complexity index is 2820. The molecule has 10 aromatic carbocycles. The average Bonchev–Trinajstić information content (AvgIpc) is 3.16. The maximum atomic E-state index is 2.42. The van der Waals surface area contributed by atoms with E-state index in [2.05, 4.69) is 182 Å². The van der Waals surface area contributed by atoms with E-state index in [1.165, 1.54) is 98.0 Å². The van der Waals surface area contributed by atoms with Crippen LogP contribution in [0.2, 0.25) is 0 Å². The van der Waals surface area contributed by atoms with Crippen LogP contribution in [0.15, 0.2) is 182 Å². The predicted octanol–water partition coefficient (Wildman–Crippen LogP) is 13.6. The van der Waals surface area contributed by atoms with E-state index < -0.39 is 0 Å². The summed E-state index contributed by atoms with van der Waals surface area (Å²) in [7, 11) is 0. The van der Waals surface area contributed by atoms with Crippen molar-refractivity contribution in [2.75, 3.05) is 0 Å². The van der Waals surface area contributed by atoms with Crippen molar-refractivity contribution in [1.82, 2.24) is 0 Å². The van der Waals surface area contributed by atoms with Gasteiger partial charge in [-0.15, -0.1) is 0 Å². The summed E-state index contributed by atoms with van der Waals surface area (Å²) in [6.07, 6.45) is 0. The third kappa shape index (κ3) is 4.03. The van der Waals surface area contributed by atoms with Crippen LogP contribution < -0.4 is 0 Å². The van der Waals surface area contributed by atoms with Gasteiger partial charge in [-0.25, -0.2) is 0 Å². The molecule has 0 aliphatic carbocycles. The molecule has 0 radical (unpaired) electrons. The van der Waals surface area contributed by atoms with E-state index in [1.807, 2.05) is 0 Å². The zero-order valence-corrected chi connectivity index (χ0v) is 26.3. The summed E-state index contributed by atoms with van der Waals surface area (Å²) in [5, 5.41) is 15.3. The third-order valence-electron chi connectivity index (χ3n) is 10.2. The zero-order chi connectivity index (χ0) is 31.6. The van der Waals surface area contributed by atoms with Gasteiger partial charge < -0.3 is 0 Å². The average molecular weight is 607 g/mol. The molecule has 0 N–H and O–H groups in total. The number of hydrogen-bond acceptors (Lipinski definition) is 0. The number of rotatable bonds is 3. The lowest BCUT2D eigenvalue weighted by molar-refractivity contribution is 1.66. The first-order valence-corrected chi connectivity index (χ1v) is 16.7. The van der Waals surface area contributed by atoms with Crippen molar-refractivity contribution in [2.24, 2.45) is 0 Å². The Kier molecular flexibility index (Phi) is 5.98. The van der Waals surface area contributed by atoms with E-state index in [4.69, 9.17) is 0 Å². The maximum absolute atomic E-state index is 2.42. The minimum atomic E-state index is 1.24. The van der Waals surface area contributed by atoms with Crippen molar-refractivity contribution in [3.8, 4) is 33.4 Å². The van der Waals surface area contributed by atoms with Crippen LogP contribution in [0.1, 0.15) is 0 Å². The standard InChI is InChI=1S/C48H30/c1-2-14-31(15-3-1)44-28-33-26-27-34(30-45(33)38-20-8-7-19-37(38)44)47-40-22-10-12-24-42(40)48(43-25-13-11-23-41(43)47)46-29-32-16-4-5-17-35(32)36-18-6-9-21-39(36)46/h1-30H. The molecule has 0 atom stereocenters. The van der Waals surface area contributed by atoms with Gasteiger partial charge >= 0.3 is 0 Å². The molecule has 0 fully saturated rings. The van der Waals surface area contributed by atoms with Gasteiger partial charge in [0.15, 0.2) is 0 Å².